The van der Waals surface area contributed by atoms with Crippen molar-refractivity contribution in [1.82, 2.24) is 9.80 Å². The summed E-state index contributed by atoms with van der Waals surface area (Å²) in [4.78, 5) is 16.6. The number of hydrogen-bond acceptors (Lipinski definition) is 4. The van der Waals surface area contributed by atoms with E-state index in [1.807, 2.05) is 4.90 Å². The Hall–Kier alpha value is -1.33. The summed E-state index contributed by atoms with van der Waals surface area (Å²) >= 11 is 0. The molecule has 0 bridgehead atoms. The second-order valence-corrected chi connectivity index (χ2v) is 5.50. The maximum atomic E-state index is 12.3. The molecule has 5 heteroatoms. The van der Waals surface area contributed by atoms with Crippen LogP contribution in [0.3, 0.4) is 0 Å². The standard InChI is InChI=1S/C14H20N2O3/c1-10(2)16-5-7-19-13-9-15(8-11(13)16)14(17)12-4-3-6-18-12/h3-4,6,10-11,13H,5,7-9H2,1-2H3/t11-,13+/m1/s1. The number of rotatable bonds is 2. The minimum absolute atomic E-state index is 0.0355. The Morgan fingerprint density at radius 3 is 2.95 bits per heavy atom. The largest absolute Gasteiger partial charge is 0.459 e. The fraction of sp³-hybridized carbons (Fsp3) is 0.643. The van der Waals surface area contributed by atoms with E-state index in [4.69, 9.17) is 9.15 Å². The van der Waals surface area contributed by atoms with Gasteiger partial charge >= 0.3 is 0 Å². The van der Waals surface area contributed by atoms with Crippen LogP contribution in [-0.2, 0) is 4.74 Å². The minimum atomic E-state index is -0.0355. The summed E-state index contributed by atoms with van der Waals surface area (Å²) in [7, 11) is 0. The summed E-state index contributed by atoms with van der Waals surface area (Å²) in [5.41, 5.74) is 0. The van der Waals surface area contributed by atoms with E-state index in [0.29, 0.717) is 24.4 Å². The monoisotopic (exact) mass is 264 g/mol. The van der Waals surface area contributed by atoms with Gasteiger partial charge in [0.05, 0.1) is 25.0 Å². The molecule has 1 aromatic rings. The highest BCUT2D eigenvalue weighted by molar-refractivity contribution is 5.91. The van der Waals surface area contributed by atoms with Crippen LogP contribution < -0.4 is 0 Å². The predicted molar refractivity (Wildman–Crippen MR) is 70.0 cm³/mol. The van der Waals surface area contributed by atoms with Crippen molar-refractivity contribution in [2.45, 2.75) is 32.0 Å². The summed E-state index contributed by atoms with van der Waals surface area (Å²) in [6.45, 7) is 7.47. The highest BCUT2D eigenvalue weighted by Gasteiger charge is 2.42. The molecule has 3 heterocycles. The first kappa shape index (κ1) is 12.7. The van der Waals surface area contributed by atoms with Crippen LogP contribution in [0.2, 0.25) is 0 Å². The summed E-state index contributed by atoms with van der Waals surface area (Å²) in [5.74, 6) is 0.376. The molecule has 2 atom stereocenters. The topological polar surface area (TPSA) is 45.9 Å². The molecule has 2 aliphatic rings. The van der Waals surface area contributed by atoms with E-state index >= 15 is 0 Å². The maximum absolute atomic E-state index is 12.3. The maximum Gasteiger partial charge on any atom is 0.289 e. The molecule has 1 aromatic heterocycles. The van der Waals surface area contributed by atoms with Crippen molar-refractivity contribution in [2.75, 3.05) is 26.2 Å². The zero-order chi connectivity index (χ0) is 13.4. The van der Waals surface area contributed by atoms with E-state index in [1.165, 1.54) is 6.26 Å². The first-order valence-corrected chi connectivity index (χ1v) is 6.87. The molecule has 0 aliphatic carbocycles. The zero-order valence-corrected chi connectivity index (χ0v) is 11.4. The third-order valence-corrected chi connectivity index (χ3v) is 4.03. The number of furan rings is 1. The molecule has 0 N–H and O–H groups in total. The van der Waals surface area contributed by atoms with Gasteiger partial charge in [0, 0.05) is 25.7 Å². The molecule has 3 rings (SSSR count). The number of morpholine rings is 1. The molecule has 1 amide bonds. The van der Waals surface area contributed by atoms with E-state index in [1.54, 1.807) is 12.1 Å². The SMILES string of the molecule is CC(C)N1CCO[C@H]2CN(C(=O)c3ccco3)C[C@H]21. The molecule has 0 unspecified atom stereocenters. The van der Waals surface area contributed by atoms with Gasteiger partial charge in [-0.05, 0) is 26.0 Å². The summed E-state index contributed by atoms with van der Waals surface area (Å²) in [6.07, 6.45) is 1.67. The van der Waals surface area contributed by atoms with E-state index in [2.05, 4.69) is 18.7 Å². The van der Waals surface area contributed by atoms with Gasteiger partial charge in [0.25, 0.3) is 5.91 Å². The number of carbonyl (C=O) groups excluding carboxylic acids is 1. The van der Waals surface area contributed by atoms with Gasteiger partial charge in [-0.3, -0.25) is 9.69 Å². The zero-order valence-electron chi connectivity index (χ0n) is 11.4. The average Bonchev–Trinajstić information content (AvgIpc) is 3.06. The highest BCUT2D eigenvalue weighted by Crippen LogP contribution is 2.25. The lowest BCUT2D eigenvalue weighted by atomic mass is 10.1. The molecular weight excluding hydrogens is 244 g/mol. The number of hydrogen-bond donors (Lipinski definition) is 0. The number of amides is 1. The smallest absolute Gasteiger partial charge is 0.289 e. The van der Waals surface area contributed by atoms with Crippen molar-refractivity contribution >= 4 is 5.91 Å². The molecule has 0 spiro atoms. The Morgan fingerprint density at radius 1 is 1.42 bits per heavy atom. The van der Waals surface area contributed by atoms with Gasteiger partial charge < -0.3 is 14.1 Å². The van der Waals surface area contributed by atoms with E-state index in [0.717, 1.165) is 19.7 Å². The molecular formula is C14H20N2O3. The summed E-state index contributed by atoms with van der Waals surface area (Å²) < 4.78 is 11.0. The fourth-order valence-corrected chi connectivity index (χ4v) is 3.08. The highest BCUT2D eigenvalue weighted by atomic mass is 16.5. The molecule has 0 aromatic carbocycles. The van der Waals surface area contributed by atoms with Gasteiger partial charge in [0.1, 0.15) is 0 Å². The lowest BCUT2D eigenvalue weighted by molar-refractivity contribution is -0.0582. The molecule has 19 heavy (non-hydrogen) atoms. The molecule has 104 valence electrons. The van der Waals surface area contributed by atoms with Crippen LogP contribution in [0.1, 0.15) is 24.4 Å². The third-order valence-electron chi connectivity index (χ3n) is 4.03. The Labute approximate surface area is 113 Å². The molecule has 0 radical (unpaired) electrons. The lowest BCUT2D eigenvalue weighted by Gasteiger charge is -2.39. The van der Waals surface area contributed by atoms with Gasteiger partial charge in [0.15, 0.2) is 5.76 Å². The normalized spacial score (nSPS) is 27.8. The number of likely N-dealkylation sites (tertiary alicyclic amines) is 1. The van der Waals surface area contributed by atoms with Gasteiger partial charge in [0.2, 0.25) is 0 Å². The van der Waals surface area contributed by atoms with E-state index < -0.39 is 0 Å². The predicted octanol–water partition coefficient (Wildman–Crippen LogP) is 1.21. The van der Waals surface area contributed by atoms with Gasteiger partial charge in [-0.15, -0.1) is 0 Å². The van der Waals surface area contributed by atoms with Crippen LogP contribution in [0.25, 0.3) is 0 Å². The number of ether oxygens (including phenoxy) is 1. The van der Waals surface area contributed by atoms with Gasteiger partial charge in [-0.2, -0.15) is 0 Å². The van der Waals surface area contributed by atoms with Crippen LogP contribution in [0.15, 0.2) is 22.8 Å². The molecule has 2 saturated heterocycles. The lowest BCUT2D eigenvalue weighted by Crippen LogP contribution is -2.53. The fourth-order valence-electron chi connectivity index (χ4n) is 3.08. The van der Waals surface area contributed by atoms with Crippen molar-refractivity contribution in [1.29, 1.82) is 0 Å². The molecule has 2 fully saturated rings. The van der Waals surface area contributed by atoms with Crippen molar-refractivity contribution in [2.24, 2.45) is 0 Å². The van der Waals surface area contributed by atoms with Crippen LogP contribution in [0, 0.1) is 0 Å². The van der Waals surface area contributed by atoms with Crippen LogP contribution >= 0.6 is 0 Å². The van der Waals surface area contributed by atoms with Crippen molar-refractivity contribution in [3.8, 4) is 0 Å². The Morgan fingerprint density at radius 2 is 2.26 bits per heavy atom. The Bertz CT molecular complexity index is 444. The summed E-state index contributed by atoms with van der Waals surface area (Å²) in [6, 6.07) is 4.25. The minimum Gasteiger partial charge on any atom is -0.459 e. The summed E-state index contributed by atoms with van der Waals surface area (Å²) in [5, 5.41) is 0. The van der Waals surface area contributed by atoms with E-state index in [9.17, 15) is 4.79 Å². The third kappa shape index (κ3) is 2.28. The van der Waals surface area contributed by atoms with Crippen LogP contribution in [-0.4, -0.2) is 60.1 Å². The molecule has 2 aliphatic heterocycles. The Balaban J connectivity index is 1.73. The van der Waals surface area contributed by atoms with Gasteiger partial charge in [-0.1, -0.05) is 0 Å². The number of carbonyl (C=O) groups is 1. The first-order valence-electron chi connectivity index (χ1n) is 6.87. The van der Waals surface area contributed by atoms with Crippen molar-refractivity contribution in [3.63, 3.8) is 0 Å². The van der Waals surface area contributed by atoms with Gasteiger partial charge in [-0.25, -0.2) is 0 Å². The molecule has 0 saturated carbocycles. The Kier molecular flexibility index (Phi) is 3.33. The second-order valence-electron chi connectivity index (χ2n) is 5.50. The van der Waals surface area contributed by atoms with Crippen LogP contribution in [0.5, 0.6) is 0 Å². The van der Waals surface area contributed by atoms with Crippen LogP contribution in [0.4, 0.5) is 0 Å². The first-order chi connectivity index (χ1) is 9.16. The second kappa shape index (κ2) is 4.98. The van der Waals surface area contributed by atoms with Crippen molar-refractivity contribution in [3.05, 3.63) is 24.2 Å². The van der Waals surface area contributed by atoms with Crippen molar-refractivity contribution < 1.29 is 13.9 Å². The quantitative estimate of drug-likeness (QED) is 0.805. The average molecular weight is 264 g/mol. The van der Waals surface area contributed by atoms with E-state index in [-0.39, 0.29) is 12.0 Å². The molecule has 5 nitrogen and oxygen atoms in total. The number of nitrogens with zero attached hydrogens (tertiary/aromatic N) is 2. The number of fused-ring (bicyclic) bond motifs is 1.